The maximum atomic E-state index is 11.9. The van der Waals surface area contributed by atoms with Crippen LogP contribution in [0.15, 0.2) is 24.3 Å². The van der Waals surface area contributed by atoms with Gasteiger partial charge in [-0.1, -0.05) is 0 Å². The van der Waals surface area contributed by atoms with Crippen molar-refractivity contribution in [2.45, 2.75) is 18.9 Å². The molecule has 0 radical (unpaired) electrons. The highest BCUT2D eigenvalue weighted by atomic mass is 32.1. The molecule has 1 saturated heterocycles. The highest BCUT2D eigenvalue weighted by molar-refractivity contribution is 7.80. The van der Waals surface area contributed by atoms with Crippen LogP contribution < -0.4 is 10.2 Å². The molecule has 120 valence electrons. The SMILES string of the molecule is COC(=S)CC[C@H]1CN(c2ccc(NCCO)cc2)C(=O)O1. The monoisotopic (exact) mass is 324 g/mol. The van der Waals surface area contributed by atoms with Gasteiger partial charge in [0.05, 0.1) is 20.3 Å². The Morgan fingerprint density at radius 2 is 2.23 bits per heavy atom. The summed E-state index contributed by atoms with van der Waals surface area (Å²) >= 11 is 4.99. The van der Waals surface area contributed by atoms with E-state index in [0.29, 0.717) is 31.0 Å². The van der Waals surface area contributed by atoms with E-state index in [2.05, 4.69) is 5.32 Å². The number of anilines is 2. The van der Waals surface area contributed by atoms with Gasteiger partial charge in [-0.3, -0.25) is 4.90 Å². The van der Waals surface area contributed by atoms with E-state index in [-0.39, 0.29) is 18.8 Å². The summed E-state index contributed by atoms with van der Waals surface area (Å²) in [6.07, 6.45) is 0.740. The summed E-state index contributed by atoms with van der Waals surface area (Å²) < 4.78 is 10.3. The van der Waals surface area contributed by atoms with Crippen LogP contribution in [0.5, 0.6) is 0 Å². The van der Waals surface area contributed by atoms with Crippen molar-refractivity contribution in [2.75, 3.05) is 37.0 Å². The lowest BCUT2D eigenvalue weighted by molar-refractivity contribution is 0.137. The van der Waals surface area contributed by atoms with Crippen molar-refractivity contribution in [1.82, 2.24) is 0 Å². The third kappa shape index (κ3) is 4.32. The summed E-state index contributed by atoms with van der Waals surface area (Å²) in [7, 11) is 1.54. The van der Waals surface area contributed by atoms with Gasteiger partial charge in [-0.05, 0) is 42.9 Å². The highest BCUT2D eigenvalue weighted by Gasteiger charge is 2.32. The topological polar surface area (TPSA) is 71.0 Å². The van der Waals surface area contributed by atoms with E-state index >= 15 is 0 Å². The Kier molecular flexibility index (Phi) is 5.97. The molecule has 1 heterocycles. The molecule has 0 bridgehead atoms. The zero-order chi connectivity index (χ0) is 15.9. The first-order chi connectivity index (χ1) is 10.6. The molecule has 2 rings (SSSR count). The van der Waals surface area contributed by atoms with Gasteiger partial charge in [0.25, 0.3) is 0 Å². The Balaban J connectivity index is 1.92. The second-order valence-electron chi connectivity index (χ2n) is 4.93. The van der Waals surface area contributed by atoms with Gasteiger partial charge in [0.1, 0.15) is 6.10 Å². The van der Waals surface area contributed by atoms with Gasteiger partial charge >= 0.3 is 6.09 Å². The Labute approximate surface area is 135 Å². The highest BCUT2D eigenvalue weighted by Crippen LogP contribution is 2.25. The molecule has 6 nitrogen and oxygen atoms in total. The summed E-state index contributed by atoms with van der Waals surface area (Å²) in [5.41, 5.74) is 1.68. The fourth-order valence-corrected chi connectivity index (χ4v) is 2.34. The third-order valence-electron chi connectivity index (χ3n) is 3.39. The summed E-state index contributed by atoms with van der Waals surface area (Å²) in [6.45, 7) is 1.08. The Morgan fingerprint density at radius 1 is 1.50 bits per heavy atom. The fraction of sp³-hybridized carbons (Fsp3) is 0.467. The van der Waals surface area contributed by atoms with Gasteiger partial charge in [0.2, 0.25) is 0 Å². The molecule has 1 atom stereocenters. The van der Waals surface area contributed by atoms with Gasteiger partial charge in [-0.2, -0.15) is 0 Å². The number of methoxy groups -OCH3 is 1. The number of hydrogen-bond acceptors (Lipinski definition) is 6. The molecule has 0 unspecified atom stereocenters. The number of ether oxygens (including phenoxy) is 2. The molecule has 1 aliphatic rings. The van der Waals surface area contributed by atoms with Crippen LogP contribution in [0.3, 0.4) is 0 Å². The van der Waals surface area contributed by atoms with Crippen molar-refractivity contribution in [1.29, 1.82) is 0 Å². The minimum atomic E-state index is -0.343. The quantitative estimate of drug-likeness (QED) is 0.749. The molecule has 22 heavy (non-hydrogen) atoms. The largest absolute Gasteiger partial charge is 0.490 e. The Hall–Kier alpha value is -1.86. The van der Waals surface area contributed by atoms with Gasteiger partial charge in [0.15, 0.2) is 5.05 Å². The number of amides is 1. The molecule has 2 N–H and O–H groups in total. The number of carbonyl (C=O) groups is 1. The Bertz CT molecular complexity index is 521. The number of aliphatic hydroxyl groups excluding tert-OH is 1. The number of thiocarbonyl (C=S) groups is 1. The number of benzene rings is 1. The van der Waals surface area contributed by atoms with Gasteiger partial charge in [0, 0.05) is 24.3 Å². The molecule has 1 aromatic carbocycles. The van der Waals surface area contributed by atoms with Crippen LogP contribution in [-0.2, 0) is 9.47 Å². The van der Waals surface area contributed by atoms with Crippen LogP contribution in [0.1, 0.15) is 12.8 Å². The maximum Gasteiger partial charge on any atom is 0.414 e. The van der Waals surface area contributed by atoms with Crippen molar-refractivity contribution in [3.8, 4) is 0 Å². The number of aliphatic hydroxyl groups is 1. The average molecular weight is 324 g/mol. The lowest BCUT2D eigenvalue weighted by Crippen LogP contribution is -2.24. The van der Waals surface area contributed by atoms with E-state index in [9.17, 15) is 4.79 Å². The molecule has 7 heteroatoms. The summed E-state index contributed by atoms with van der Waals surface area (Å²) in [4.78, 5) is 13.6. The molecule has 1 aromatic rings. The molecule has 1 fully saturated rings. The summed E-state index contributed by atoms with van der Waals surface area (Å²) in [6, 6.07) is 7.43. The zero-order valence-electron chi connectivity index (χ0n) is 12.4. The van der Waals surface area contributed by atoms with Crippen molar-refractivity contribution in [3.05, 3.63) is 24.3 Å². The van der Waals surface area contributed by atoms with Crippen LogP contribution in [0, 0.1) is 0 Å². The van der Waals surface area contributed by atoms with E-state index in [1.54, 1.807) is 12.0 Å². The number of hydrogen-bond donors (Lipinski definition) is 2. The van der Waals surface area contributed by atoms with Gasteiger partial charge < -0.3 is 19.9 Å². The molecular weight excluding hydrogens is 304 g/mol. The van der Waals surface area contributed by atoms with Crippen LogP contribution in [-0.4, -0.2) is 49.2 Å². The van der Waals surface area contributed by atoms with Crippen LogP contribution in [0.25, 0.3) is 0 Å². The maximum absolute atomic E-state index is 11.9. The number of nitrogens with one attached hydrogen (secondary N) is 1. The molecule has 0 spiro atoms. The Morgan fingerprint density at radius 3 is 2.86 bits per heavy atom. The fourth-order valence-electron chi connectivity index (χ4n) is 2.22. The average Bonchev–Trinajstić information content (AvgIpc) is 2.92. The van der Waals surface area contributed by atoms with E-state index in [4.69, 9.17) is 26.8 Å². The van der Waals surface area contributed by atoms with Crippen LogP contribution in [0.2, 0.25) is 0 Å². The van der Waals surface area contributed by atoms with E-state index < -0.39 is 0 Å². The minimum Gasteiger partial charge on any atom is -0.490 e. The van der Waals surface area contributed by atoms with Crippen molar-refractivity contribution in [3.63, 3.8) is 0 Å². The number of cyclic esters (lactones) is 1. The normalized spacial score (nSPS) is 17.3. The second kappa shape index (κ2) is 7.95. The number of nitrogens with zero attached hydrogens (tertiary/aromatic N) is 1. The first-order valence-electron chi connectivity index (χ1n) is 7.14. The molecule has 0 saturated carbocycles. The standard InChI is InChI=1S/C15H20N2O4S/c1-20-14(22)7-6-13-10-17(15(19)21-13)12-4-2-11(3-5-12)16-8-9-18/h2-5,13,16,18H,6-10H2,1H3/t13-/m0/s1. The number of rotatable bonds is 7. The first-order valence-corrected chi connectivity index (χ1v) is 7.54. The molecule has 1 aliphatic heterocycles. The molecular formula is C15H20N2O4S. The van der Waals surface area contributed by atoms with E-state index in [1.807, 2.05) is 24.3 Å². The van der Waals surface area contributed by atoms with Crippen LogP contribution in [0.4, 0.5) is 16.2 Å². The van der Waals surface area contributed by atoms with E-state index in [1.165, 1.54) is 0 Å². The van der Waals surface area contributed by atoms with Crippen molar-refractivity contribution >= 4 is 34.7 Å². The molecule has 0 aliphatic carbocycles. The third-order valence-corrected chi connectivity index (χ3v) is 3.76. The van der Waals surface area contributed by atoms with E-state index in [0.717, 1.165) is 11.4 Å². The van der Waals surface area contributed by atoms with Crippen LogP contribution >= 0.6 is 12.2 Å². The van der Waals surface area contributed by atoms with Crippen molar-refractivity contribution < 1.29 is 19.4 Å². The lowest BCUT2D eigenvalue weighted by atomic mass is 10.2. The van der Waals surface area contributed by atoms with Crippen molar-refractivity contribution in [2.24, 2.45) is 0 Å². The smallest absolute Gasteiger partial charge is 0.414 e. The van der Waals surface area contributed by atoms with Gasteiger partial charge in [-0.15, -0.1) is 0 Å². The minimum absolute atomic E-state index is 0.0746. The van der Waals surface area contributed by atoms with Gasteiger partial charge in [-0.25, -0.2) is 4.79 Å². The first kappa shape index (κ1) is 16.5. The molecule has 0 aromatic heterocycles. The number of carbonyl (C=O) groups excluding carboxylic acids is 1. The molecule has 1 amide bonds. The zero-order valence-corrected chi connectivity index (χ0v) is 13.3. The summed E-state index contributed by atoms with van der Waals surface area (Å²) in [5, 5.41) is 12.4. The lowest BCUT2D eigenvalue weighted by Gasteiger charge is -2.14. The second-order valence-corrected chi connectivity index (χ2v) is 5.38. The predicted octanol–water partition coefficient (Wildman–Crippen LogP) is 2.17. The summed E-state index contributed by atoms with van der Waals surface area (Å²) in [5.74, 6) is 0. The predicted molar refractivity (Wildman–Crippen MR) is 88.5 cm³/mol.